The number of hydrogen-bond donors (Lipinski definition) is 1. The van der Waals surface area contributed by atoms with E-state index in [1.54, 1.807) is 0 Å². The van der Waals surface area contributed by atoms with Crippen LogP contribution < -0.4 is 0 Å². The molecule has 0 heterocycles. The largest absolute Gasteiger partial charge is 0.396 e. The predicted molar refractivity (Wildman–Crippen MR) is 76.7 cm³/mol. The Morgan fingerprint density at radius 3 is 2.06 bits per heavy atom. The first kappa shape index (κ1) is 14.3. The van der Waals surface area contributed by atoms with Crippen LogP contribution in [0.5, 0.6) is 0 Å². The summed E-state index contributed by atoms with van der Waals surface area (Å²) in [6, 6.07) is 0.783. The molecule has 2 heteroatoms. The standard InChI is InChI=1S/C16H31NO/c1-17(15-9-5-4-6-10-15)13-16(14-18)11-7-2-3-8-12-16/h15,18H,2-14H2,1H3. The molecule has 0 unspecified atom stereocenters. The maximum Gasteiger partial charge on any atom is 0.0499 e. The summed E-state index contributed by atoms with van der Waals surface area (Å²) < 4.78 is 0. The van der Waals surface area contributed by atoms with Crippen LogP contribution in [0.1, 0.15) is 70.6 Å². The molecule has 2 saturated carbocycles. The molecule has 106 valence electrons. The molecule has 2 fully saturated rings. The van der Waals surface area contributed by atoms with Crippen LogP contribution in [0.15, 0.2) is 0 Å². The number of rotatable bonds is 4. The maximum atomic E-state index is 9.89. The molecule has 0 atom stereocenters. The van der Waals surface area contributed by atoms with Crippen LogP contribution in [0.2, 0.25) is 0 Å². The van der Waals surface area contributed by atoms with Gasteiger partial charge in [0.25, 0.3) is 0 Å². The summed E-state index contributed by atoms with van der Waals surface area (Å²) in [4.78, 5) is 2.57. The summed E-state index contributed by atoms with van der Waals surface area (Å²) in [6.45, 7) is 1.51. The van der Waals surface area contributed by atoms with Crippen LogP contribution >= 0.6 is 0 Å². The van der Waals surface area contributed by atoms with E-state index in [0.717, 1.165) is 12.6 Å². The molecule has 0 radical (unpaired) electrons. The Bertz CT molecular complexity index is 227. The maximum absolute atomic E-state index is 9.89. The molecule has 18 heavy (non-hydrogen) atoms. The average Bonchev–Trinajstić information content (AvgIpc) is 2.66. The first-order valence-electron chi connectivity index (χ1n) is 8.07. The fourth-order valence-electron chi connectivity index (χ4n) is 4.02. The SMILES string of the molecule is CN(CC1(CO)CCCCCC1)C1CCCCC1. The van der Waals surface area contributed by atoms with Crippen molar-refractivity contribution in [3.05, 3.63) is 0 Å². The lowest BCUT2D eigenvalue weighted by molar-refractivity contribution is 0.0460. The van der Waals surface area contributed by atoms with Crippen LogP contribution in [0, 0.1) is 5.41 Å². The van der Waals surface area contributed by atoms with Crippen LogP contribution in [-0.2, 0) is 0 Å². The summed E-state index contributed by atoms with van der Waals surface area (Å²) in [7, 11) is 2.29. The Kier molecular flexibility index (Phi) is 5.50. The van der Waals surface area contributed by atoms with Gasteiger partial charge in [-0.2, -0.15) is 0 Å². The Balaban J connectivity index is 1.90. The molecular weight excluding hydrogens is 222 g/mol. The second-order valence-corrected chi connectivity index (χ2v) is 6.78. The van der Waals surface area contributed by atoms with Crippen molar-refractivity contribution in [3.8, 4) is 0 Å². The first-order valence-corrected chi connectivity index (χ1v) is 8.07. The zero-order valence-electron chi connectivity index (χ0n) is 12.2. The Hall–Kier alpha value is -0.0800. The summed E-state index contributed by atoms with van der Waals surface area (Å²) in [5.74, 6) is 0. The summed E-state index contributed by atoms with van der Waals surface area (Å²) >= 11 is 0. The first-order chi connectivity index (χ1) is 8.76. The van der Waals surface area contributed by atoms with Gasteiger partial charge in [0.15, 0.2) is 0 Å². The minimum absolute atomic E-state index is 0.211. The van der Waals surface area contributed by atoms with E-state index in [-0.39, 0.29) is 5.41 Å². The molecule has 2 rings (SSSR count). The van der Waals surface area contributed by atoms with Gasteiger partial charge in [-0.1, -0.05) is 44.9 Å². The fraction of sp³-hybridized carbons (Fsp3) is 1.00. The van der Waals surface area contributed by atoms with Gasteiger partial charge in [-0.15, -0.1) is 0 Å². The van der Waals surface area contributed by atoms with Crippen LogP contribution in [0.25, 0.3) is 0 Å². The van der Waals surface area contributed by atoms with E-state index < -0.39 is 0 Å². The third-order valence-electron chi connectivity index (χ3n) is 5.28. The zero-order valence-corrected chi connectivity index (χ0v) is 12.2. The zero-order chi connectivity index (χ0) is 12.8. The van der Waals surface area contributed by atoms with Gasteiger partial charge in [0.2, 0.25) is 0 Å². The third-order valence-corrected chi connectivity index (χ3v) is 5.28. The molecule has 0 amide bonds. The Morgan fingerprint density at radius 2 is 1.50 bits per heavy atom. The van der Waals surface area contributed by atoms with Gasteiger partial charge in [0, 0.05) is 24.6 Å². The van der Waals surface area contributed by atoms with Crippen molar-refractivity contribution >= 4 is 0 Å². The van der Waals surface area contributed by atoms with Gasteiger partial charge in [-0.25, -0.2) is 0 Å². The smallest absolute Gasteiger partial charge is 0.0499 e. The molecule has 0 aliphatic heterocycles. The summed E-state index contributed by atoms with van der Waals surface area (Å²) in [5.41, 5.74) is 0.211. The highest BCUT2D eigenvalue weighted by atomic mass is 16.3. The molecule has 2 aliphatic carbocycles. The quantitative estimate of drug-likeness (QED) is 0.774. The van der Waals surface area contributed by atoms with E-state index in [4.69, 9.17) is 0 Å². The minimum Gasteiger partial charge on any atom is -0.396 e. The fourth-order valence-corrected chi connectivity index (χ4v) is 4.02. The van der Waals surface area contributed by atoms with E-state index in [0.29, 0.717) is 6.61 Å². The van der Waals surface area contributed by atoms with Gasteiger partial charge in [0.1, 0.15) is 0 Å². The van der Waals surface area contributed by atoms with Crippen LogP contribution in [0.3, 0.4) is 0 Å². The number of nitrogens with zero attached hydrogens (tertiary/aromatic N) is 1. The molecule has 0 spiro atoms. The summed E-state index contributed by atoms with van der Waals surface area (Å²) in [5, 5.41) is 9.89. The highest BCUT2D eigenvalue weighted by molar-refractivity contribution is 4.86. The van der Waals surface area contributed by atoms with E-state index in [1.165, 1.54) is 70.6 Å². The monoisotopic (exact) mass is 253 g/mol. The molecule has 0 saturated heterocycles. The van der Waals surface area contributed by atoms with Crippen molar-refractivity contribution in [2.75, 3.05) is 20.2 Å². The second-order valence-electron chi connectivity index (χ2n) is 6.78. The van der Waals surface area contributed by atoms with Gasteiger partial charge < -0.3 is 10.0 Å². The minimum atomic E-state index is 0.211. The van der Waals surface area contributed by atoms with Gasteiger partial charge in [-0.05, 0) is 32.7 Å². The molecule has 1 N–H and O–H groups in total. The highest BCUT2D eigenvalue weighted by Crippen LogP contribution is 2.36. The average molecular weight is 253 g/mol. The van der Waals surface area contributed by atoms with Crippen molar-refractivity contribution in [1.82, 2.24) is 4.90 Å². The number of aliphatic hydroxyl groups excluding tert-OH is 1. The summed E-state index contributed by atoms with van der Waals surface area (Å²) in [6.07, 6.45) is 14.8. The molecule has 0 aromatic heterocycles. The number of aliphatic hydroxyl groups is 1. The molecule has 0 aromatic rings. The Morgan fingerprint density at radius 1 is 0.944 bits per heavy atom. The normalized spacial score (nSPS) is 26.2. The lowest BCUT2D eigenvalue weighted by Crippen LogP contribution is -2.43. The lowest BCUT2D eigenvalue weighted by atomic mass is 9.80. The van der Waals surface area contributed by atoms with Crippen molar-refractivity contribution in [1.29, 1.82) is 0 Å². The molecule has 2 aliphatic rings. The van der Waals surface area contributed by atoms with E-state index in [9.17, 15) is 5.11 Å². The van der Waals surface area contributed by atoms with E-state index >= 15 is 0 Å². The Labute approximate surface area is 113 Å². The van der Waals surface area contributed by atoms with Crippen molar-refractivity contribution in [2.24, 2.45) is 5.41 Å². The van der Waals surface area contributed by atoms with E-state index in [2.05, 4.69) is 11.9 Å². The van der Waals surface area contributed by atoms with Crippen molar-refractivity contribution in [3.63, 3.8) is 0 Å². The molecule has 0 bridgehead atoms. The predicted octanol–water partition coefficient (Wildman–Crippen LogP) is 3.58. The van der Waals surface area contributed by atoms with E-state index in [1.807, 2.05) is 0 Å². The van der Waals surface area contributed by atoms with Crippen molar-refractivity contribution < 1.29 is 5.11 Å². The highest BCUT2D eigenvalue weighted by Gasteiger charge is 2.33. The topological polar surface area (TPSA) is 23.5 Å². The third kappa shape index (κ3) is 3.71. The molecule has 2 nitrogen and oxygen atoms in total. The van der Waals surface area contributed by atoms with Gasteiger partial charge in [0.05, 0.1) is 0 Å². The van der Waals surface area contributed by atoms with Gasteiger partial charge >= 0.3 is 0 Å². The molecule has 0 aromatic carbocycles. The van der Waals surface area contributed by atoms with Crippen molar-refractivity contribution in [2.45, 2.75) is 76.7 Å². The second kappa shape index (κ2) is 6.91. The van der Waals surface area contributed by atoms with Gasteiger partial charge in [-0.3, -0.25) is 0 Å². The van der Waals surface area contributed by atoms with Crippen LogP contribution in [-0.4, -0.2) is 36.2 Å². The lowest BCUT2D eigenvalue weighted by Gasteiger charge is -2.39. The molecular formula is C16H31NO. The van der Waals surface area contributed by atoms with Crippen LogP contribution in [0.4, 0.5) is 0 Å². The number of hydrogen-bond acceptors (Lipinski definition) is 2.